The fraction of sp³-hybridized carbons (Fsp3) is 0.982. The first kappa shape index (κ1) is 83.7. The number of aliphatic hydroxyl groups excluding tert-OH is 27. The molecule has 28 N–H and O–H groups in total. The molecule has 0 spiro atoms. The Kier molecular flexibility index (Phi) is 29.6. The van der Waals surface area contributed by atoms with Gasteiger partial charge in [-0.3, -0.25) is 4.79 Å². The van der Waals surface area contributed by atoms with Gasteiger partial charge in [0, 0.05) is 6.92 Å². The highest BCUT2D eigenvalue weighted by atomic mass is 16.9. The van der Waals surface area contributed by atoms with E-state index in [1.165, 1.54) is 6.92 Å². The van der Waals surface area contributed by atoms with Gasteiger partial charge in [-0.2, -0.15) is 0 Å². The van der Waals surface area contributed by atoms with Crippen LogP contribution >= 0.6 is 0 Å². The second-order valence-corrected chi connectivity index (χ2v) is 25.9. The first-order valence-corrected chi connectivity index (χ1v) is 32.5. The van der Waals surface area contributed by atoms with E-state index in [1.807, 2.05) is 0 Å². The van der Waals surface area contributed by atoms with E-state index in [-0.39, 0.29) is 0 Å². The largest absolute Gasteiger partial charge is 0.394 e. The van der Waals surface area contributed by atoms with Crippen molar-refractivity contribution in [1.82, 2.24) is 5.32 Å². The van der Waals surface area contributed by atoms with Gasteiger partial charge in [0.1, 0.15) is 214 Å². The number of nitrogens with one attached hydrogen (secondary N) is 1. The molecule has 102 heavy (non-hydrogen) atoms. The van der Waals surface area contributed by atoms with Crippen LogP contribution in [0.25, 0.3) is 0 Å². The summed E-state index contributed by atoms with van der Waals surface area (Å²) < 4.78 is 96.9. The van der Waals surface area contributed by atoms with Gasteiger partial charge in [0.15, 0.2) is 56.6 Å². The van der Waals surface area contributed by atoms with Crippen molar-refractivity contribution in [2.24, 2.45) is 0 Å². The highest BCUT2D eigenvalue weighted by Gasteiger charge is 2.60. The monoisotopic (exact) mass is 1510 g/mol. The summed E-state index contributed by atoms with van der Waals surface area (Å²) in [4.78, 5) is 12.7. The molecule has 1 unspecified atom stereocenters. The Hall–Kier alpha value is -2.29. The van der Waals surface area contributed by atoms with Crippen LogP contribution in [0.5, 0.6) is 0 Å². The number of amides is 1. The quantitative estimate of drug-likeness (QED) is 0.0377. The van der Waals surface area contributed by atoms with Crippen molar-refractivity contribution in [1.29, 1.82) is 0 Å². The summed E-state index contributed by atoms with van der Waals surface area (Å²) in [6, 6.07) is -1.79. The molecule has 0 aliphatic carbocycles. The Bertz CT molecular complexity index is 2560. The highest BCUT2D eigenvalue weighted by Crippen LogP contribution is 2.40. The molecule has 9 heterocycles. The van der Waals surface area contributed by atoms with Crippen LogP contribution in [-0.4, -0.2) is 473 Å². The molecule has 9 saturated heterocycles. The van der Waals surface area contributed by atoms with Crippen LogP contribution in [0.4, 0.5) is 0 Å². The first-order chi connectivity index (χ1) is 48.3. The van der Waals surface area contributed by atoms with Crippen molar-refractivity contribution in [2.75, 3.05) is 52.9 Å². The topological polar surface area (TPSA) is 732 Å². The van der Waals surface area contributed by atoms with Gasteiger partial charge in [0.2, 0.25) is 5.91 Å². The third-order valence-corrected chi connectivity index (χ3v) is 19.1. The van der Waals surface area contributed by atoms with E-state index < -0.39 is 335 Å². The maximum Gasteiger partial charge on any atom is 0.217 e. The average Bonchev–Trinajstić information content (AvgIpc) is 0.775. The molecule has 46 nitrogen and oxygen atoms in total. The van der Waals surface area contributed by atoms with Gasteiger partial charge in [0.25, 0.3) is 0 Å². The second kappa shape index (κ2) is 36.0. The molecule has 9 aliphatic rings. The maximum atomic E-state index is 12.7. The van der Waals surface area contributed by atoms with E-state index >= 15 is 0 Å². The Morgan fingerprint density at radius 3 is 0.725 bits per heavy atom. The molecule has 0 radical (unpaired) electrons. The Morgan fingerprint density at radius 1 is 0.255 bits per heavy atom. The lowest BCUT2D eigenvalue weighted by molar-refractivity contribution is -0.398. The molecule has 46 heteroatoms. The van der Waals surface area contributed by atoms with Crippen LogP contribution in [0, 0.1) is 0 Å². The number of carbonyl (C=O) groups is 1. The number of aliphatic hydroxyl groups is 27. The molecule has 0 aromatic carbocycles. The lowest BCUT2D eigenvalue weighted by Gasteiger charge is -2.51. The van der Waals surface area contributed by atoms with Crippen LogP contribution in [0.3, 0.4) is 0 Å². The third kappa shape index (κ3) is 17.3. The summed E-state index contributed by atoms with van der Waals surface area (Å²) in [7, 11) is 0. The van der Waals surface area contributed by atoms with Crippen molar-refractivity contribution in [3.63, 3.8) is 0 Å². The summed E-state index contributed by atoms with van der Waals surface area (Å²) >= 11 is 0. The van der Waals surface area contributed by atoms with E-state index in [0.717, 1.165) is 6.92 Å². The molecule has 0 aromatic heterocycles. The first-order valence-electron chi connectivity index (χ1n) is 32.5. The second-order valence-electron chi connectivity index (χ2n) is 25.9. The van der Waals surface area contributed by atoms with Crippen molar-refractivity contribution >= 4 is 5.91 Å². The highest BCUT2D eigenvalue weighted by molar-refractivity contribution is 5.73. The van der Waals surface area contributed by atoms with Crippen LogP contribution in [0.15, 0.2) is 0 Å². The summed E-state index contributed by atoms with van der Waals surface area (Å²) in [5, 5.41) is 294. The van der Waals surface area contributed by atoms with E-state index in [2.05, 4.69) is 5.32 Å². The smallest absolute Gasteiger partial charge is 0.217 e. The summed E-state index contributed by atoms with van der Waals surface area (Å²) in [5.41, 5.74) is 0. The zero-order valence-corrected chi connectivity index (χ0v) is 54.1. The lowest BCUT2D eigenvalue weighted by Crippen LogP contribution is -2.70. The predicted octanol–water partition coefficient (Wildman–Crippen LogP) is -19.5. The molecule has 9 aliphatic heterocycles. The van der Waals surface area contributed by atoms with Gasteiger partial charge in [0.05, 0.1) is 59.0 Å². The molecule has 0 bridgehead atoms. The number of carbonyl (C=O) groups excluding carboxylic acids is 1. The van der Waals surface area contributed by atoms with Crippen molar-refractivity contribution in [2.45, 2.75) is 290 Å². The number of ether oxygens (including phenoxy) is 17. The van der Waals surface area contributed by atoms with E-state index in [1.54, 1.807) is 0 Å². The standard InChI is InChI=1S/C56H95NO45/c1-11-40(95-52-35(80)27(72)43(15(5-60)90-52)98-53-36(81)28(73)41(16(6-61)91-53)96-50-32(77)24(69)22(67)13(3-58)88-50)26(71)34(79)49(86-11)102-47-21(57-12(2)66)48(85)87-20(10-65)46(47)101-56-39(84)31(76)45(19(9-64)94-56)100-55-38(83)30(75)44(18(8-63)93-55)99-54-37(82)29(74)42(17(7-62)92-54)97-51-33(78)25(70)23(68)14(4-59)89-51/h11,13-56,58-65,67-85H,3-10H2,1-2H3,(H,57,66)/t11-,13+,14+,15+,16+,17+,18+,19+,20+,21+,22+,23+,24-,25-,26-,27+,28+,29+,30+,31+,32+,33+,34+,35+,36+,37+,38+,39+,40-,41+,42+,43+,44+,45+,46+,47+,48?,49-,50-,51-,52-,53-,54-,55-,56-/m0/s1/i6+1,16+1,28+1,36+1,41+1,53+1. The Balaban J connectivity index is 0.825. The molecule has 9 rings (SSSR count). The van der Waals surface area contributed by atoms with Crippen LogP contribution < -0.4 is 5.32 Å². The minimum atomic E-state index is -2.33. The molecule has 594 valence electrons. The fourth-order valence-electron chi connectivity index (χ4n) is 13.4. The predicted molar refractivity (Wildman–Crippen MR) is 307 cm³/mol. The van der Waals surface area contributed by atoms with Gasteiger partial charge in [-0.1, -0.05) is 0 Å². The van der Waals surface area contributed by atoms with Gasteiger partial charge in [-0.25, -0.2) is 0 Å². The Labute approximate surface area is 576 Å². The van der Waals surface area contributed by atoms with Gasteiger partial charge < -0.3 is 224 Å². The molecular weight excluding hydrogens is 1410 g/mol. The third-order valence-electron chi connectivity index (χ3n) is 19.1. The lowest BCUT2D eigenvalue weighted by atomic mass is 9.94. The average molecular weight is 1510 g/mol. The van der Waals surface area contributed by atoms with Gasteiger partial charge in [-0.15, -0.1) is 0 Å². The van der Waals surface area contributed by atoms with Gasteiger partial charge >= 0.3 is 0 Å². The van der Waals surface area contributed by atoms with Crippen LogP contribution in [0.2, 0.25) is 0 Å². The number of hydrogen-bond acceptors (Lipinski definition) is 45. The summed E-state index contributed by atoms with van der Waals surface area (Å²) in [6.07, 6.45) is -86.2. The SMILES string of the molecule is CC(=O)N[C@H]1C(O)O[C@H](CO)[C@@H](O[C@@H]2O[C@H](CO)[C@@H](O[C@@H]3O[C@H](CO)[C@@H](O[C@@H]4O[C@H](CO)[C@@H](O[C@@H]5O[C@H](CO)[C@@H](O)[C@H](O)[C@H]5O)[C@H](O)[C@H]4O)[C@H](O)[C@H]3O)[C@H](O)[C@H]2O)[C@@H]1O[C@@H]1O[C@@H](C)[C@H](O[C@@H]2O[C@H](CO)[C@@H](O[13C@@H]3O[13C@H]([13CH2]O)[13C@@H](O[C@@H]4O[C@H](CO)[C@@H](O)[C@H](O)[C@H]4O)[13C@H](O)[13C@H]3O)[C@H](O)[C@H]2O)[C@@H](O)[C@H]1O. The molecular formula is C56H95NO45. The number of rotatable bonds is 25. The maximum absolute atomic E-state index is 12.7. The molecule has 1 amide bonds. The van der Waals surface area contributed by atoms with Crippen molar-refractivity contribution < 1.29 is 223 Å². The molecule has 0 saturated carbocycles. The fourth-order valence-corrected chi connectivity index (χ4v) is 13.4. The minimum Gasteiger partial charge on any atom is -0.394 e. The van der Waals surface area contributed by atoms with Gasteiger partial charge in [-0.05, 0) is 6.92 Å². The molecule has 0 aromatic rings. The Morgan fingerprint density at radius 2 is 0.461 bits per heavy atom. The molecule has 9 fully saturated rings. The minimum absolute atomic E-state index is 0.861. The zero-order valence-electron chi connectivity index (χ0n) is 54.1. The van der Waals surface area contributed by atoms with E-state index in [9.17, 15) is 143 Å². The van der Waals surface area contributed by atoms with Crippen molar-refractivity contribution in [3.05, 3.63) is 0 Å². The normalized spacial score (nSPS) is 52.8. The van der Waals surface area contributed by atoms with E-state index in [0.29, 0.717) is 0 Å². The van der Waals surface area contributed by atoms with E-state index in [4.69, 9.17) is 80.5 Å². The van der Waals surface area contributed by atoms with Crippen LogP contribution in [0.1, 0.15) is 13.8 Å². The summed E-state index contributed by atoms with van der Waals surface area (Å²) in [5.74, 6) is -0.872. The zero-order chi connectivity index (χ0) is 74.9. The number of hydrogen-bond donors (Lipinski definition) is 28. The van der Waals surface area contributed by atoms with Crippen molar-refractivity contribution in [3.8, 4) is 0 Å². The summed E-state index contributed by atoms with van der Waals surface area (Å²) in [6.45, 7) is -5.89. The molecule has 45 atom stereocenters. The van der Waals surface area contributed by atoms with Crippen LogP contribution in [-0.2, 0) is 85.3 Å².